The summed E-state index contributed by atoms with van der Waals surface area (Å²) in [5.41, 5.74) is 8.35. The number of allylic oxidation sites excluding steroid dienone is 1. The number of aromatic nitrogens is 2. The molecule has 2 fully saturated rings. The molecular weight excluding hydrogens is 336 g/mol. The predicted molar refractivity (Wildman–Crippen MR) is 111 cm³/mol. The number of aryl methyl sites for hydroxylation is 2. The number of hydrogen-bond acceptors (Lipinski definition) is 4. The van der Waals surface area contributed by atoms with Crippen molar-refractivity contribution in [2.45, 2.75) is 46.1 Å². The van der Waals surface area contributed by atoms with E-state index >= 15 is 0 Å². The molecule has 2 heterocycles. The largest absolute Gasteiger partial charge is 0.384 e. The molecular formula is C21H34N6. The van der Waals surface area contributed by atoms with E-state index in [0.717, 1.165) is 41.9 Å². The van der Waals surface area contributed by atoms with E-state index in [2.05, 4.69) is 23.8 Å². The van der Waals surface area contributed by atoms with Crippen molar-refractivity contribution >= 4 is 11.5 Å². The van der Waals surface area contributed by atoms with Crippen molar-refractivity contribution in [1.29, 1.82) is 5.41 Å². The summed E-state index contributed by atoms with van der Waals surface area (Å²) in [5.74, 6) is 2.86. The Balaban J connectivity index is 1.52. The molecule has 1 saturated carbocycles. The molecule has 0 bridgehead atoms. The lowest BCUT2D eigenvalue weighted by Gasteiger charge is -2.21. The highest BCUT2D eigenvalue weighted by Gasteiger charge is 2.40. The number of amidine groups is 1. The van der Waals surface area contributed by atoms with Crippen LogP contribution < -0.4 is 5.73 Å². The van der Waals surface area contributed by atoms with E-state index in [1.807, 2.05) is 14.0 Å². The van der Waals surface area contributed by atoms with Gasteiger partial charge >= 0.3 is 0 Å². The molecule has 0 aromatic carbocycles. The fourth-order valence-electron chi connectivity index (χ4n) is 4.62. The van der Waals surface area contributed by atoms with Crippen LogP contribution in [-0.4, -0.2) is 51.9 Å². The molecule has 6 nitrogen and oxygen atoms in total. The van der Waals surface area contributed by atoms with Gasteiger partial charge in [-0.25, -0.2) is 0 Å². The first kappa shape index (κ1) is 19.8. The molecule has 1 aliphatic carbocycles. The molecule has 4 atom stereocenters. The Labute approximate surface area is 163 Å². The first-order valence-electron chi connectivity index (χ1n) is 10.2. The van der Waals surface area contributed by atoms with Crippen LogP contribution in [0.25, 0.3) is 0 Å². The molecule has 1 aromatic heterocycles. The number of nitrogens with zero attached hydrogens (tertiary/aromatic N) is 4. The minimum atomic E-state index is 0.336. The van der Waals surface area contributed by atoms with Crippen molar-refractivity contribution in [3.8, 4) is 0 Å². The maximum atomic E-state index is 8.24. The predicted octanol–water partition coefficient (Wildman–Crippen LogP) is 2.77. The van der Waals surface area contributed by atoms with Gasteiger partial charge in [-0.05, 0) is 55.2 Å². The van der Waals surface area contributed by atoms with E-state index in [-0.39, 0.29) is 0 Å². The van der Waals surface area contributed by atoms with E-state index in [1.54, 1.807) is 23.0 Å². The third kappa shape index (κ3) is 4.67. The monoisotopic (exact) mass is 370 g/mol. The normalized spacial score (nSPS) is 27.4. The van der Waals surface area contributed by atoms with Gasteiger partial charge in [-0.1, -0.05) is 20.3 Å². The van der Waals surface area contributed by atoms with Gasteiger partial charge in [-0.15, -0.1) is 0 Å². The van der Waals surface area contributed by atoms with Crippen molar-refractivity contribution in [2.75, 3.05) is 19.6 Å². The molecule has 0 amide bonds. The van der Waals surface area contributed by atoms with Crippen molar-refractivity contribution in [3.63, 3.8) is 0 Å². The number of rotatable bonds is 7. The van der Waals surface area contributed by atoms with Gasteiger partial charge in [0.25, 0.3) is 0 Å². The second-order valence-electron chi connectivity index (χ2n) is 8.48. The fraction of sp³-hybridized carbons (Fsp3) is 0.667. The number of aliphatic imine (C=N–C) groups is 1. The highest BCUT2D eigenvalue weighted by atomic mass is 15.3. The Kier molecular flexibility index (Phi) is 6.15. The minimum absolute atomic E-state index is 0.336. The average molecular weight is 371 g/mol. The van der Waals surface area contributed by atoms with Crippen LogP contribution in [-0.2, 0) is 7.05 Å². The molecule has 0 radical (unpaired) electrons. The summed E-state index contributed by atoms with van der Waals surface area (Å²) in [6.45, 7) is 10.3. The zero-order valence-corrected chi connectivity index (χ0v) is 17.2. The molecule has 3 rings (SSSR count). The van der Waals surface area contributed by atoms with Gasteiger partial charge in [0, 0.05) is 26.7 Å². The maximum absolute atomic E-state index is 8.24. The Morgan fingerprint density at radius 1 is 1.37 bits per heavy atom. The minimum Gasteiger partial charge on any atom is -0.384 e. The van der Waals surface area contributed by atoms with Gasteiger partial charge < -0.3 is 10.6 Å². The van der Waals surface area contributed by atoms with Gasteiger partial charge in [0.05, 0.1) is 23.6 Å². The van der Waals surface area contributed by atoms with E-state index in [9.17, 15) is 0 Å². The van der Waals surface area contributed by atoms with Crippen LogP contribution in [0.5, 0.6) is 0 Å². The highest BCUT2D eigenvalue weighted by Crippen LogP contribution is 2.39. The topological polar surface area (TPSA) is 83.3 Å². The van der Waals surface area contributed by atoms with Crippen LogP contribution in [0.3, 0.4) is 0 Å². The summed E-state index contributed by atoms with van der Waals surface area (Å²) in [6.07, 6.45) is 8.82. The van der Waals surface area contributed by atoms with Crippen molar-refractivity contribution in [3.05, 3.63) is 29.6 Å². The van der Waals surface area contributed by atoms with E-state index in [0.29, 0.717) is 17.6 Å². The van der Waals surface area contributed by atoms with Crippen LogP contribution in [0.15, 0.2) is 23.3 Å². The number of hydrogen-bond donors (Lipinski definition) is 2. The Hall–Kier alpha value is -1.95. The number of fused-ring (bicyclic) bond motifs is 1. The molecule has 6 heteroatoms. The van der Waals surface area contributed by atoms with Gasteiger partial charge in [-0.3, -0.25) is 15.1 Å². The molecule has 1 saturated heterocycles. The Bertz CT molecular complexity index is 698. The summed E-state index contributed by atoms with van der Waals surface area (Å²) in [6, 6.07) is 0.336. The van der Waals surface area contributed by atoms with E-state index in [1.165, 1.54) is 26.1 Å². The zero-order valence-electron chi connectivity index (χ0n) is 17.2. The fourth-order valence-corrected chi connectivity index (χ4v) is 4.62. The molecule has 27 heavy (non-hydrogen) atoms. The molecule has 1 aromatic rings. The summed E-state index contributed by atoms with van der Waals surface area (Å²) >= 11 is 0. The molecule has 2 aliphatic rings. The van der Waals surface area contributed by atoms with Gasteiger partial charge in [-0.2, -0.15) is 5.10 Å². The number of nitrogens with one attached hydrogen (secondary N) is 1. The first-order chi connectivity index (χ1) is 12.9. The van der Waals surface area contributed by atoms with Crippen LogP contribution in [0.4, 0.5) is 0 Å². The zero-order chi connectivity index (χ0) is 19.6. The summed E-state index contributed by atoms with van der Waals surface area (Å²) < 4.78 is 1.72. The Morgan fingerprint density at radius 2 is 2.04 bits per heavy atom. The van der Waals surface area contributed by atoms with Crippen molar-refractivity contribution < 1.29 is 0 Å². The van der Waals surface area contributed by atoms with Crippen molar-refractivity contribution in [2.24, 2.45) is 35.5 Å². The summed E-state index contributed by atoms with van der Waals surface area (Å²) in [7, 11) is 1.85. The van der Waals surface area contributed by atoms with Crippen LogP contribution in [0.1, 0.15) is 44.4 Å². The molecule has 148 valence electrons. The number of likely N-dealkylation sites (tertiary alicyclic amines) is 1. The second-order valence-corrected chi connectivity index (χ2v) is 8.48. The van der Waals surface area contributed by atoms with Crippen molar-refractivity contribution in [1.82, 2.24) is 14.7 Å². The average Bonchev–Trinajstić information content (AvgIpc) is 3.25. The lowest BCUT2D eigenvalue weighted by molar-refractivity contribution is 0.262. The molecule has 1 aliphatic heterocycles. The lowest BCUT2D eigenvalue weighted by Crippen LogP contribution is -2.28. The van der Waals surface area contributed by atoms with Gasteiger partial charge in [0.2, 0.25) is 0 Å². The Morgan fingerprint density at radius 3 is 2.59 bits per heavy atom. The third-order valence-electron chi connectivity index (χ3n) is 6.20. The van der Waals surface area contributed by atoms with Gasteiger partial charge in [0.1, 0.15) is 5.84 Å². The first-order valence-corrected chi connectivity index (χ1v) is 10.2. The highest BCUT2D eigenvalue weighted by molar-refractivity contribution is 6.09. The van der Waals surface area contributed by atoms with E-state index in [4.69, 9.17) is 16.1 Å². The maximum Gasteiger partial charge on any atom is 0.118 e. The van der Waals surface area contributed by atoms with Gasteiger partial charge in [0.15, 0.2) is 0 Å². The van der Waals surface area contributed by atoms with E-state index < -0.39 is 0 Å². The number of nitrogens with two attached hydrogens (primary N) is 1. The lowest BCUT2D eigenvalue weighted by atomic mass is 10.0. The molecule has 0 spiro atoms. The summed E-state index contributed by atoms with van der Waals surface area (Å²) in [5, 5.41) is 12.4. The standard InChI is InChI=1S/C21H34N6/c1-5-14(2)11-27-12-16-8-18(9-17(16)13-27)25-20(23)7-6-19(22)21-15(3)10-24-26(21)4/h6-7,10,14,16-18,22H,5,8-9,11-13H2,1-4H3,(H2,23,25)/b7-6-,22-19?/t14?,16-,17+,18?. The summed E-state index contributed by atoms with van der Waals surface area (Å²) in [4.78, 5) is 7.37. The van der Waals surface area contributed by atoms with Crippen LogP contribution in [0, 0.1) is 30.1 Å². The third-order valence-corrected chi connectivity index (χ3v) is 6.20. The quantitative estimate of drug-likeness (QED) is 0.572. The SMILES string of the molecule is CCC(C)CN1C[C@H]2CC(N=C(N)/C=C\C(=N)c3c(C)cnn3C)C[C@H]2C1. The molecule has 2 unspecified atom stereocenters. The molecule has 3 N–H and O–H groups in total. The van der Waals surface area contributed by atoms with Crippen LogP contribution >= 0.6 is 0 Å². The second kappa shape index (κ2) is 8.38. The van der Waals surface area contributed by atoms with Crippen LogP contribution in [0.2, 0.25) is 0 Å². The smallest absolute Gasteiger partial charge is 0.118 e.